The lowest BCUT2D eigenvalue weighted by Gasteiger charge is -2.25. The monoisotopic (exact) mass is 364 g/mol. The molecule has 6 nitrogen and oxygen atoms in total. The van der Waals surface area contributed by atoms with Crippen LogP contribution in [-0.2, 0) is 9.59 Å². The molecule has 6 heteroatoms. The van der Waals surface area contributed by atoms with Gasteiger partial charge in [-0.1, -0.05) is 24.1 Å². The number of nitrogens with zero attached hydrogens (tertiary/aromatic N) is 2. The van der Waals surface area contributed by atoms with Crippen molar-refractivity contribution >= 4 is 28.9 Å². The molecule has 2 amide bonds. The van der Waals surface area contributed by atoms with E-state index in [-0.39, 0.29) is 11.8 Å². The molecule has 0 saturated heterocycles. The molecule has 27 heavy (non-hydrogen) atoms. The molecule has 0 atom stereocenters. The quantitative estimate of drug-likeness (QED) is 0.551. The van der Waals surface area contributed by atoms with Crippen molar-refractivity contribution in [2.75, 3.05) is 10.6 Å². The Morgan fingerprint density at radius 2 is 1.70 bits per heavy atom. The lowest BCUT2D eigenvalue weighted by Crippen LogP contribution is -2.26. The van der Waals surface area contributed by atoms with E-state index < -0.39 is 0 Å². The first-order valence-corrected chi connectivity index (χ1v) is 8.90. The third-order valence-corrected chi connectivity index (χ3v) is 4.25. The van der Waals surface area contributed by atoms with Crippen molar-refractivity contribution in [2.24, 2.45) is 5.73 Å². The molecule has 0 aromatic heterocycles. The zero-order valence-electron chi connectivity index (χ0n) is 15.4. The molecule has 0 aliphatic rings. The van der Waals surface area contributed by atoms with Gasteiger partial charge in [0.25, 0.3) is 0 Å². The Balaban J connectivity index is 2.22. The number of aryl methyl sites for hydroxylation is 1. The second kappa shape index (κ2) is 9.39. The van der Waals surface area contributed by atoms with Gasteiger partial charge in [-0.2, -0.15) is 5.26 Å². The molecule has 2 aromatic carbocycles. The first-order chi connectivity index (χ1) is 12.9. The van der Waals surface area contributed by atoms with E-state index in [9.17, 15) is 9.59 Å². The van der Waals surface area contributed by atoms with Crippen molar-refractivity contribution in [3.05, 3.63) is 53.6 Å². The predicted octanol–water partition coefficient (Wildman–Crippen LogP) is 3.55. The Hall–Kier alpha value is -3.33. The predicted molar refractivity (Wildman–Crippen MR) is 106 cm³/mol. The van der Waals surface area contributed by atoms with Crippen LogP contribution < -0.4 is 16.4 Å². The summed E-state index contributed by atoms with van der Waals surface area (Å²) in [6.45, 7) is 1.98. The summed E-state index contributed by atoms with van der Waals surface area (Å²) in [5, 5.41) is 9.03. The maximum Gasteiger partial charge on any atom is 0.231 e. The number of carbonyl (C=O) groups excluding carboxylic acids is 2. The third kappa shape index (κ3) is 5.58. The highest BCUT2D eigenvalue weighted by Gasteiger charge is 2.20. The molecule has 0 aliphatic carbocycles. The number of carbonyl (C=O) groups is 2. The maximum atomic E-state index is 12.9. The summed E-state index contributed by atoms with van der Waals surface area (Å²) in [5.41, 5.74) is 14.4. The first kappa shape index (κ1) is 20.0. The Morgan fingerprint density at radius 3 is 2.30 bits per heavy atom. The van der Waals surface area contributed by atoms with E-state index in [0.717, 1.165) is 17.7 Å². The Morgan fingerprint density at radius 1 is 1.04 bits per heavy atom. The molecule has 0 fully saturated rings. The van der Waals surface area contributed by atoms with Crippen LogP contribution in [0.25, 0.3) is 0 Å². The van der Waals surface area contributed by atoms with Crippen LogP contribution in [0.5, 0.6) is 0 Å². The number of nitrogen functional groups attached to an aromatic ring is 1. The van der Waals surface area contributed by atoms with Gasteiger partial charge in [0.1, 0.15) is 0 Å². The van der Waals surface area contributed by atoms with Crippen LogP contribution in [0.3, 0.4) is 0 Å². The lowest BCUT2D eigenvalue weighted by atomic mass is 10.1. The number of hydrogen-bond acceptors (Lipinski definition) is 4. The number of anilines is 3. The van der Waals surface area contributed by atoms with E-state index >= 15 is 0 Å². The average Bonchev–Trinajstić information content (AvgIpc) is 2.64. The van der Waals surface area contributed by atoms with Gasteiger partial charge in [0, 0.05) is 18.5 Å². The molecule has 0 bridgehead atoms. The molecule has 4 N–H and O–H groups in total. The van der Waals surface area contributed by atoms with Crippen LogP contribution in [0, 0.1) is 18.3 Å². The first-order valence-electron chi connectivity index (χ1n) is 8.90. The van der Waals surface area contributed by atoms with E-state index in [1.807, 2.05) is 37.3 Å². The molecule has 0 aliphatic heterocycles. The lowest BCUT2D eigenvalue weighted by molar-refractivity contribution is -0.118. The minimum absolute atomic E-state index is 0.0886. The normalized spacial score (nSPS) is 10.2. The van der Waals surface area contributed by atoms with Crippen LogP contribution in [-0.4, -0.2) is 11.8 Å². The Bertz CT molecular complexity index is 853. The van der Waals surface area contributed by atoms with Crippen molar-refractivity contribution in [1.29, 1.82) is 5.26 Å². The summed E-state index contributed by atoms with van der Waals surface area (Å²) in [6.07, 6.45) is 2.74. The van der Waals surface area contributed by atoms with Gasteiger partial charge in [0.2, 0.25) is 11.8 Å². The molecule has 0 heterocycles. The van der Waals surface area contributed by atoms with E-state index in [1.54, 1.807) is 23.1 Å². The molecule has 2 rings (SSSR count). The van der Waals surface area contributed by atoms with Crippen LogP contribution in [0.1, 0.15) is 43.2 Å². The van der Waals surface area contributed by atoms with Crippen molar-refractivity contribution in [1.82, 2.24) is 0 Å². The fraction of sp³-hybridized carbons (Fsp3) is 0.286. The van der Waals surface area contributed by atoms with Gasteiger partial charge in [0.05, 0.1) is 23.0 Å². The largest absolute Gasteiger partial charge is 0.397 e. The van der Waals surface area contributed by atoms with Crippen LogP contribution in [0.2, 0.25) is 0 Å². The van der Waals surface area contributed by atoms with E-state index in [4.69, 9.17) is 16.7 Å². The van der Waals surface area contributed by atoms with Crippen molar-refractivity contribution in [3.63, 3.8) is 0 Å². The van der Waals surface area contributed by atoms with Crippen LogP contribution in [0.15, 0.2) is 42.5 Å². The summed E-state index contributed by atoms with van der Waals surface area (Å²) in [7, 11) is 0. The second-order valence-electron chi connectivity index (χ2n) is 6.48. The standard InChI is InChI=1S/C21H24N4O2/c1-15-7-10-17(11-8-15)25(19-12-9-16(14-22)13-18(19)23)21(27)6-4-2-3-5-20(24)26/h7-13H,2-6,23H2,1H3,(H2,24,26). The molecule has 0 spiro atoms. The minimum Gasteiger partial charge on any atom is -0.397 e. The van der Waals surface area contributed by atoms with Gasteiger partial charge in [0.15, 0.2) is 0 Å². The third-order valence-electron chi connectivity index (χ3n) is 4.25. The SMILES string of the molecule is Cc1ccc(N(C(=O)CCCCCC(N)=O)c2ccc(C#N)cc2N)cc1. The molecule has 140 valence electrons. The number of primary amides is 1. The van der Waals surface area contributed by atoms with Crippen LogP contribution in [0.4, 0.5) is 17.1 Å². The number of unbranched alkanes of at least 4 members (excludes halogenated alkanes) is 2. The van der Waals surface area contributed by atoms with E-state index in [1.165, 1.54) is 0 Å². The smallest absolute Gasteiger partial charge is 0.231 e. The zero-order valence-corrected chi connectivity index (χ0v) is 15.4. The Kier molecular flexibility index (Phi) is 6.95. The summed E-state index contributed by atoms with van der Waals surface area (Å²) in [4.78, 5) is 25.3. The number of nitriles is 1. The number of amides is 2. The second-order valence-corrected chi connectivity index (χ2v) is 6.48. The maximum absolute atomic E-state index is 12.9. The Labute approximate surface area is 159 Å². The van der Waals surface area contributed by atoms with Crippen molar-refractivity contribution in [2.45, 2.75) is 39.0 Å². The van der Waals surface area contributed by atoms with E-state index in [2.05, 4.69) is 0 Å². The number of nitrogens with two attached hydrogens (primary N) is 2. The fourth-order valence-corrected chi connectivity index (χ4v) is 2.80. The van der Waals surface area contributed by atoms with Crippen molar-refractivity contribution < 1.29 is 9.59 Å². The minimum atomic E-state index is -0.326. The fourth-order valence-electron chi connectivity index (χ4n) is 2.80. The van der Waals surface area contributed by atoms with Gasteiger partial charge in [-0.3, -0.25) is 14.5 Å². The highest BCUT2D eigenvalue weighted by atomic mass is 16.2. The van der Waals surface area contributed by atoms with Gasteiger partial charge < -0.3 is 11.5 Å². The highest BCUT2D eigenvalue weighted by Crippen LogP contribution is 2.32. The van der Waals surface area contributed by atoms with Gasteiger partial charge in [-0.15, -0.1) is 0 Å². The molecule has 0 unspecified atom stereocenters. The molecule has 0 saturated carbocycles. The summed E-state index contributed by atoms with van der Waals surface area (Å²) in [6, 6.07) is 14.6. The number of rotatable bonds is 8. The number of benzene rings is 2. The van der Waals surface area contributed by atoms with E-state index in [0.29, 0.717) is 42.6 Å². The summed E-state index contributed by atoms with van der Waals surface area (Å²) in [5.74, 6) is -0.415. The zero-order chi connectivity index (χ0) is 19.8. The topological polar surface area (TPSA) is 113 Å². The summed E-state index contributed by atoms with van der Waals surface area (Å²) >= 11 is 0. The highest BCUT2D eigenvalue weighted by molar-refractivity contribution is 6.03. The van der Waals surface area contributed by atoms with Gasteiger partial charge in [-0.25, -0.2) is 0 Å². The molecular weight excluding hydrogens is 340 g/mol. The summed E-state index contributed by atoms with van der Waals surface area (Å²) < 4.78 is 0. The van der Waals surface area contributed by atoms with Crippen molar-refractivity contribution in [3.8, 4) is 6.07 Å². The molecular formula is C21H24N4O2. The van der Waals surface area contributed by atoms with Gasteiger partial charge >= 0.3 is 0 Å². The van der Waals surface area contributed by atoms with Crippen LogP contribution >= 0.6 is 0 Å². The molecule has 0 radical (unpaired) electrons. The van der Waals surface area contributed by atoms with Gasteiger partial charge in [-0.05, 0) is 50.1 Å². The average molecular weight is 364 g/mol. The number of hydrogen-bond donors (Lipinski definition) is 2. The molecule has 2 aromatic rings.